The molecule has 30 heteroatoms. The molecule has 0 radical (unpaired) electrons. The van der Waals surface area contributed by atoms with Crippen molar-refractivity contribution in [3.8, 4) is 46.0 Å². The van der Waals surface area contributed by atoms with Gasteiger partial charge in [-0.3, -0.25) is 0 Å². The predicted octanol–water partition coefficient (Wildman–Crippen LogP) is 5.10. The van der Waals surface area contributed by atoms with Crippen molar-refractivity contribution >= 4 is 112 Å². The summed E-state index contributed by atoms with van der Waals surface area (Å²) in [7, 11) is -28.3. The first kappa shape index (κ1) is 76.4. The van der Waals surface area contributed by atoms with E-state index in [0.717, 1.165) is 0 Å². The lowest BCUT2D eigenvalue weighted by molar-refractivity contribution is -0.929. The Bertz CT molecular complexity index is 3180. The summed E-state index contributed by atoms with van der Waals surface area (Å²) in [6.07, 6.45) is 11.1. The molecule has 8 aromatic rings. The summed E-state index contributed by atoms with van der Waals surface area (Å²) in [5.41, 5.74) is 0. The lowest BCUT2D eigenvalue weighted by Crippen LogP contribution is -3.00. The third kappa shape index (κ3) is 15.1. The van der Waals surface area contributed by atoms with Crippen LogP contribution in [0.1, 0.15) is 79.1 Å². The van der Waals surface area contributed by atoms with E-state index in [2.05, 4.69) is 27.7 Å². The van der Waals surface area contributed by atoms with Crippen molar-refractivity contribution in [3.63, 3.8) is 0 Å². The van der Waals surface area contributed by atoms with E-state index in [9.17, 15) is 0 Å². The molecule has 6 aliphatic rings. The molecule has 14 rings (SSSR count). The number of ether oxygens (including phenoxy) is 8. The fraction of sp³-hybridized carbons (Fsp3) is 0.333. The monoisotopic (exact) mass is 1530 g/mol. The van der Waals surface area contributed by atoms with Crippen LogP contribution in [0.5, 0.6) is 46.0 Å². The van der Waals surface area contributed by atoms with Crippen LogP contribution in [0, 0.1) is 0 Å². The van der Waals surface area contributed by atoms with Crippen molar-refractivity contribution in [2.45, 2.75) is 79.1 Å². The molecule has 6 saturated heterocycles. The molecular weight excluding hydrogens is 1440 g/mol. The molecule has 21 nitrogen and oxygen atoms in total. The van der Waals surface area contributed by atoms with E-state index in [4.69, 9.17) is 87.3 Å². The Morgan fingerprint density at radius 2 is 0.314 bits per heavy atom. The standard InChI is InChI=1S/C56H56O20Si8.C16H36N.FH/c1-57-41-9-25-49(26-10-41)77-65-78(50-27-11-42(58-2)12-28-50)68-81(53-33-17-45(61-5)18-34-53)70-79(66-77,51-29-13-43(59-3)14-30-51)72-83(55-37-21-47(63-7)22-38-55)73-80(67-77,52-31-15-44(60-4)16-32-52)71-82(69-78,54-35-19-46(62-6)20-36-54)75-84(74-81,76-83)56-39-23-48(64-8)24-40-56;1-5-9-13-17(14-10-6-2,15-11-7-3)16-12-8-4;/h9-40H,1-8H3;5-16H2,1-4H3;1H/q;+1;/p-1. The lowest BCUT2D eigenvalue weighted by Gasteiger charge is -2.62. The van der Waals surface area contributed by atoms with Gasteiger partial charge in [0.2, 0.25) is 0 Å². The number of halogens is 1. The van der Waals surface area contributed by atoms with Gasteiger partial charge >= 0.3 is 70.4 Å². The molecule has 0 aliphatic carbocycles. The molecule has 0 spiro atoms. The van der Waals surface area contributed by atoms with Gasteiger partial charge < -0.3 is 96.5 Å². The third-order valence-corrected chi connectivity index (χ3v) is 52.8. The van der Waals surface area contributed by atoms with Crippen molar-refractivity contribution < 1.29 is 96.5 Å². The normalized spacial score (nSPS) is 26.1. The zero-order valence-corrected chi connectivity index (χ0v) is 68.0. The van der Waals surface area contributed by atoms with E-state index < -0.39 is 70.4 Å². The molecule has 6 aliphatic heterocycles. The number of hydrogen-bond acceptors (Lipinski definition) is 20. The first-order chi connectivity index (χ1) is 49.0. The molecule has 102 heavy (non-hydrogen) atoms. The summed E-state index contributed by atoms with van der Waals surface area (Å²) in [4.78, 5) is 0. The van der Waals surface area contributed by atoms with Gasteiger partial charge in [0, 0.05) is 41.5 Å². The maximum absolute atomic E-state index is 8.28. The topological polar surface area (TPSA) is 185 Å². The van der Waals surface area contributed by atoms with Crippen molar-refractivity contribution in [2.75, 3.05) is 83.1 Å². The quantitative estimate of drug-likeness (QED) is 0.0466. The molecule has 8 aromatic carbocycles. The second-order valence-corrected chi connectivity index (χ2v) is 48.5. The molecule has 0 saturated carbocycles. The van der Waals surface area contributed by atoms with Crippen molar-refractivity contribution in [2.24, 2.45) is 0 Å². The minimum Gasteiger partial charge on any atom is -1.00 e. The van der Waals surface area contributed by atoms with E-state index in [0.29, 0.717) is 87.5 Å². The third-order valence-electron chi connectivity index (χ3n) is 18.7. The van der Waals surface area contributed by atoms with Crippen LogP contribution in [0.4, 0.5) is 0 Å². The Labute approximate surface area is 607 Å². The summed E-state index contributed by atoms with van der Waals surface area (Å²) in [6, 6.07) is 57.5. The SMILES string of the molecule is CCCC[N+](CCCC)(CCCC)CCCC.COc1ccc([Si]23O[Si]4(c5ccc(OC)cc5)O[Si]5(c6ccc(OC)cc6)O[Si](c6ccc(OC)cc6)(O2)O[Si]2(c6ccc(OC)cc6)O[Si](c6ccc(OC)cc6)(O3)O[Si](c3ccc(OC)cc3)(O4)O[Si](c3ccc(OC)cc3)(O5)O2)cc1.[F-]. The van der Waals surface area contributed by atoms with Crippen LogP contribution in [-0.4, -0.2) is 158 Å². The van der Waals surface area contributed by atoms with Crippen molar-refractivity contribution in [3.05, 3.63) is 194 Å². The number of quaternary nitrogens is 1. The van der Waals surface area contributed by atoms with Crippen LogP contribution in [0.2, 0.25) is 0 Å². The molecule has 0 atom stereocenters. The van der Waals surface area contributed by atoms with Gasteiger partial charge in [0.1, 0.15) is 46.0 Å². The Hall–Kier alpha value is -6.69. The summed E-state index contributed by atoms with van der Waals surface area (Å²) < 4.78 is 147. The Balaban J connectivity index is 0.000000515. The number of nitrogens with zero attached hydrogens (tertiary/aromatic N) is 1. The fourth-order valence-corrected chi connectivity index (χ4v) is 58.9. The highest BCUT2D eigenvalue weighted by atomic mass is 28.6. The molecule has 0 amide bonds. The maximum Gasteiger partial charge on any atom is 0.515 e. The largest absolute Gasteiger partial charge is 1.00 e. The molecule has 6 fully saturated rings. The number of benzene rings is 8. The van der Waals surface area contributed by atoms with E-state index >= 15 is 0 Å². The smallest absolute Gasteiger partial charge is 0.515 e. The second kappa shape index (κ2) is 32.4. The van der Waals surface area contributed by atoms with Crippen LogP contribution in [0.15, 0.2) is 194 Å². The van der Waals surface area contributed by atoms with E-state index in [1.165, 1.54) is 82.0 Å². The average molecular weight is 1540 g/mol. The second-order valence-electron chi connectivity index (χ2n) is 25.2. The van der Waals surface area contributed by atoms with Gasteiger partial charge in [0.15, 0.2) is 0 Å². The van der Waals surface area contributed by atoms with Gasteiger partial charge in [-0.1, -0.05) is 150 Å². The van der Waals surface area contributed by atoms with Crippen LogP contribution in [0.3, 0.4) is 0 Å². The first-order valence-electron chi connectivity index (χ1n) is 34.5. The summed E-state index contributed by atoms with van der Waals surface area (Å²) in [5, 5.41) is 3.15. The predicted molar refractivity (Wildman–Crippen MR) is 399 cm³/mol. The Kier molecular flexibility index (Phi) is 24.2. The molecule has 0 aromatic heterocycles. The molecule has 544 valence electrons. The molecule has 0 N–H and O–H groups in total. The fourth-order valence-electron chi connectivity index (χ4n) is 13.0. The van der Waals surface area contributed by atoms with E-state index in [-0.39, 0.29) is 4.70 Å². The minimum absolute atomic E-state index is 0. The molecule has 6 heterocycles. The van der Waals surface area contributed by atoms with Gasteiger partial charge in [-0.2, -0.15) is 0 Å². The number of hydrogen-bond donors (Lipinski definition) is 0. The van der Waals surface area contributed by atoms with Crippen molar-refractivity contribution in [1.29, 1.82) is 0 Å². The average Bonchev–Trinajstić information content (AvgIpc) is 0.666. The summed E-state index contributed by atoms with van der Waals surface area (Å²) >= 11 is 0. The van der Waals surface area contributed by atoms with Gasteiger partial charge in [0.25, 0.3) is 0 Å². The summed E-state index contributed by atoms with van der Waals surface area (Å²) in [6.45, 7) is 15.0. The highest BCUT2D eigenvalue weighted by Gasteiger charge is 2.86. The highest BCUT2D eigenvalue weighted by Crippen LogP contribution is 2.49. The van der Waals surface area contributed by atoms with E-state index in [1.807, 2.05) is 97.1 Å². The Morgan fingerprint density at radius 3 is 0.402 bits per heavy atom. The highest BCUT2D eigenvalue weighted by molar-refractivity contribution is 7.14. The number of rotatable bonds is 28. The van der Waals surface area contributed by atoms with Crippen LogP contribution < -0.4 is 84.1 Å². The van der Waals surface area contributed by atoms with Gasteiger partial charge in [0.05, 0.1) is 83.1 Å². The summed E-state index contributed by atoms with van der Waals surface area (Å²) in [5.74, 6) is 4.21. The Morgan fingerprint density at radius 1 is 0.206 bits per heavy atom. The number of unbranched alkanes of at least 4 members (excludes halogenated alkanes) is 4. The van der Waals surface area contributed by atoms with Crippen LogP contribution in [0.25, 0.3) is 0 Å². The van der Waals surface area contributed by atoms with Crippen LogP contribution in [-0.2, 0) is 49.4 Å². The van der Waals surface area contributed by atoms with E-state index in [1.54, 1.807) is 154 Å². The zero-order chi connectivity index (χ0) is 71.0. The van der Waals surface area contributed by atoms with Crippen molar-refractivity contribution in [1.82, 2.24) is 0 Å². The first-order valence-corrected chi connectivity index (χ1v) is 48.3. The van der Waals surface area contributed by atoms with Crippen LogP contribution >= 0.6 is 0 Å². The lowest BCUT2D eigenvalue weighted by atomic mass is 10.1. The van der Waals surface area contributed by atoms with Gasteiger partial charge in [-0.25, -0.2) is 0 Å². The minimum atomic E-state index is -5.11. The molecule has 8 bridgehead atoms. The molecular formula is C72H92FNO20Si8. The maximum atomic E-state index is 8.28. The molecule has 0 unspecified atom stereocenters. The van der Waals surface area contributed by atoms with Gasteiger partial charge in [-0.05, 0) is 123 Å². The van der Waals surface area contributed by atoms with Gasteiger partial charge in [-0.15, -0.1) is 0 Å². The zero-order valence-electron chi connectivity index (χ0n) is 60.0. The number of methoxy groups -OCH3 is 8.